The Hall–Kier alpha value is -2.63. The van der Waals surface area contributed by atoms with E-state index in [0.717, 1.165) is 11.1 Å². The minimum Gasteiger partial charge on any atom is -0.450 e. The molecule has 1 saturated heterocycles. The van der Waals surface area contributed by atoms with E-state index in [1.54, 1.807) is 11.8 Å². The van der Waals surface area contributed by atoms with E-state index in [9.17, 15) is 14.4 Å². The number of esters is 1. The van der Waals surface area contributed by atoms with E-state index >= 15 is 0 Å². The van der Waals surface area contributed by atoms with Crippen LogP contribution in [0.25, 0.3) is 0 Å². The Morgan fingerprint density at radius 2 is 1.65 bits per heavy atom. The smallest absolute Gasteiger partial charge is 0.335 e. The third-order valence-electron chi connectivity index (χ3n) is 5.15. The molecule has 2 heterocycles. The average molecular weight is 356 g/mol. The predicted octanol–water partition coefficient (Wildman–Crippen LogP) is 2.50. The van der Waals surface area contributed by atoms with Crippen LogP contribution in [0.15, 0.2) is 29.3 Å². The Morgan fingerprint density at radius 3 is 2.19 bits per heavy atom. The van der Waals surface area contributed by atoms with Crippen LogP contribution in [0, 0.1) is 13.8 Å². The van der Waals surface area contributed by atoms with Crippen molar-refractivity contribution in [3.05, 3.63) is 40.5 Å². The molecule has 0 atom stereocenters. The van der Waals surface area contributed by atoms with Gasteiger partial charge in [-0.15, -0.1) is 0 Å². The predicted molar refractivity (Wildman–Crippen MR) is 97.6 cm³/mol. The summed E-state index contributed by atoms with van der Waals surface area (Å²) in [6.07, 6.45) is 0.872. The first-order valence-electron chi connectivity index (χ1n) is 8.82. The van der Waals surface area contributed by atoms with Crippen molar-refractivity contribution in [3.63, 3.8) is 0 Å². The molecule has 0 aliphatic carbocycles. The fraction of sp³-hybridized carbons (Fsp3) is 0.450. The number of carbonyl (C=O) groups excluding carboxylic acids is 3. The number of anilines is 1. The highest BCUT2D eigenvalue weighted by atomic mass is 16.6. The Labute approximate surface area is 153 Å². The zero-order valence-corrected chi connectivity index (χ0v) is 15.6. The maximum atomic E-state index is 13.0. The van der Waals surface area contributed by atoms with Gasteiger partial charge in [0, 0.05) is 44.1 Å². The Morgan fingerprint density at radius 1 is 1.08 bits per heavy atom. The number of hydrogen-bond acceptors (Lipinski definition) is 4. The molecule has 0 saturated carbocycles. The first-order valence-corrected chi connectivity index (χ1v) is 8.82. The van der Waals surface area contributed by atoms with Gasteiger partial charge in [-0.2, -0.15) is 0 Å². The van der Waals surface area contributed by atoms with E-state index in [0.29, 0.717) is 42.8 Å². The van der Waals surface area contributed by atoms with Crippen LogP contribution in [0.5, 0.6) is 0 Å². The van der Waals surface area contributed by atoms with Crippen LogP contribution in [0.2, 0.25) is 0 Å². The van der Waals surface area contributed by atoms with Crippen LogP contribution in [-0.4, -0.2) is 41.4 Å². The summed E-state index contributed by atoms with van der Waals surface area (Å²) in [7, 11) is 0. The quantitative estimate of drug-likeness (QED) is 0.826. The highest BCUT2D eigenvalue weighted by molar-refractivity contribution is 6.12. The molecule has 0 bridgehead atoms. The minimum absolute atomic E-state index is 0.00823. The van der Waals surface area contributed by atoms with Crippen molar-refractivity contribution < 1.29 is 19.1 Å². The summed E-state index contributed by atoms with van der Waals surface area (Å²) < 4.78 is 5.64. The van der Waals surface area contributed by atoms with Gasteiger partial charge in [-0.25, -0.2) is 4.79 Å². The van der Waals surface area contributed by atoms with Gasteiger partial charge in [0.1, 0.15) is 5.60 Å². The standard InChI is InChI=1S/C20H24N2O4/c1-12-9-13(2)11-16(10-12)21-18(24)17-14(3)19(25)26-20(17)5-7-22(8-6-20)15(4)23/h9-11H,5-8H2,1-4H3,(H,21,24). The van der Waals surface area contributed by atoms with E-state index in [1.807, 2.05) is 32.0 Å². The maximum Gasteiger partial charge on any atom is 0.335 e. The van der Waals surface area contributed by atoms with Gasteiger partial charge in [0.15, 0.2) is 0 Å². The van der Waals surface area contributed by atoms with E-state index in [4.69, 9.17) is 4.74 Å². The first kappa shape index (κ1) is 18.2. The monoisotopic (exact) mass is 356 g/mol. The maximum absolute atomic E-state index is 13.0. The molecule has 6 heteroatoms. The second-order valence-electron chi connectivity index (χ2n) is 7.22. The van der Waals surface area contributed by atoms with Crippen molar-refractivity contribution in [3.8, 4) is 0 Å². The molecule has 1 aromatic carbocycles. The van der Waals surface area contributed by atoms with Crippen LogP contribution in [0.1, 0.15) is 37.8 Å². The number of piperidine rings is 1. The highest BCUT2D eigenvalue weighted by Crippen LogP contribution is 2.41. The molecule has 1 fully saturated rings. The van der Waals surface area contributed by atoms with Crippen LogP contribution in [0.3, 0.4) is 0 Å². The van der Waals surface area contributed by atoms with E-state index < -0.39 is 11.6 Å². The summed E-state index contributed by atoms with van der Waals surface area (Å²) >= 11 is 0. The van der Waals surface area contributed by atoms with Gasteiger partial charge in [-0.1, -0.05) is 6.07 Å². The fourth-order valence-electron chi connectivity index (χ4n) is 3.90. The average Bonchev–Trinajstić information content (AvgIpc) is 2.77. The van der Waals surface area contributed by atoms with Crippen molar-refractivity contribution in [2.24, 2.45) is 0 Å². The number of hydrogen-bond donors (Lipinski definition) is 1. The topological polar surface area (TPSA) is 75.7 Å². The largest absolute Gasteiger partial charge is 0.450 e. The zero-order chi connectivity index (χ0) is 19.1. The molecule has 1 N–H and O–H groups in total. The van der Waals surface area contributed by atoms with Gasteiger partial charge in [0.25, 0.3) is 5.91 Å². The summed E-state index contributed by atoms with van der Waals surface area (Å²) in [6.45, 7) is 8.02. The molecule has 3 rings (SSSR count). The SMILES string of the molecule is CC(=O)N1CCC2(CC1)OC(=O)C(C)=C2C(=O)Nc1cc(C)cc(C)c1. The van der Waals surface area contributed by atoms with Crippen LogP contribution in [0.4, 0.5) is 5.69 Å². The zero-order valence-electron chi connectivity index (χ0n) is 15.6. The van der Waals surface area contributed by atoms with E-state index in [-0.39, 0.29) is 11.8 Å². The van der Waals surface area contributed by atoms with Gasteiger partial charge < -0.3 is 15.0 Å². The number of nitrogens with zero attached hydrogens (tertiary/aromatic N) is 1. The lowest BCUT2D eigenvalue weighted by Gasteiger charge is -2.39. The minimum atomic E-state index is -0.934. The van der Waals surface area contributed by atoms with Crippen LogP contribution >= 0.6 is 0 Å². The Bertz CT molecular complexity index is 797. The van der Waals surface area contributed by atoms with Gasteiger partial charge in [0.2, 0.25) is 5.91 Å². The van der Waals surface area contributed by atoms with Crippen LogP contribution in [-0.2, 0) is 19.1 Å². The third kappa shape index (κ3) is 3.23. The number of carbonyl (C=O) groups is 3. The number of benzene rings is 1. The molecule has 26 heavy (non-hydrogen) atoms. The number of likely N-dealkylation sites (tertiary alicyclic amines) is 1. The Kier molecular flexibility index (Phi) is 4.61. The summed E-state index contributed by atoms with van der Waals surface area (Å²) in [6, 6.07) is 5.81. The lowest BCUT2D eigenvalue weighted by Crippen LogP contribution is -2.49. The summed E-state index contributed by atoms with van der Waals surface area (Å²) in [5.41, 5.74) is 2.61. The molecule has 6 nitrogen and oxygen atoms in total. The number of amides is 2. The molecule has 1 spiro atoms. The molecular weight excluding hydrogens is 332 g/mol. The molecule has 2 aliphatic heterocycles. The molecule has 1 aromatic rings. The summed E-state index contributed by atoms with van der Waals surface area (Å²) in [4.78, 5) is 38.5. The molecule has 0 unspecified atom stereocenters. The van der Waals surface area contributed by atoms with Crippen molar-refractivity contribution in [1.29, 1.82) is 0 Å². The number of ether oxygens (including phenoxy) is 1. The molecule has 138 valence electrons. The fourth-order valence-corrected chi connectivity index (χ4v) is 3.90. The number of rotatable bonds is 2. The van der Waals surface area contributed by atoms with E-state index in [1.165, 1.54) is 6.92 Å². The number of aryl methyl sites for hydroxylation is 2. The van der Waals surface area contributed by atoms with Crippen LogP contribution < -0.4 is 5.32 Å². The van der Waals surface area contributed by atoms with Gasteiger partial charge in [-0.05, 0) is 44.0 Å². The third-order valence-corrected chi connectivity index (χ3v) is 5.15. The second-order valence-corrected chi connectivity index (χ2v) is 7.22. The van der Waals surface area contributed by atoms with Gasteiger partial charge >= 0.3 is 5.97 Å². The summed E-state index contributed by atoms with van der Waals surface area (Å²) in [5, 5.41) is 2.91. The normalized spacial score (nSPS) is 18.9. The van der Waals surface area contributed by atoms with Crippen molar-refractivity contribution in [2.75, 3.05) is 18.4 Å². The number of nitrogens with one attached hydrogen (secondary N) is 1. The van der Waals surface area contributed by atoms with Crippen molar-refractivity contribution in [2.45, 2.75) is 46.1 Å². The molecule has 0 radical (unpaired) electrons. The second kappa shape index (κ2) is 6.59. The van der Waals surface area contributed by atoms with Gasteiger partial charge in [0.05, 0.1) is 5.57 Å². The molecule has 2 aliphatic rings. The van der Waals surface area contributed by atoms with E-state index in [2.05, 4.69) is 5.32 Å². The van der Waals surface area contributed by atoms with Crippen molar-refractivity contribution in [1.82, 2.24) is 4.90 Å². The highest BCUT2D eigenvalue weighted by Gasteiger charge is 2.51. The first-order chi connectivity index (χ1) is 12.2. The lowest BCUT2D eigenvalue weighted by atomic mass is 9.82. The van der Waals surface area contributed by atoms with Gasteiger partial charge in [-0.3, -0.25) is 9.59 Å². The van der Waals surface area contributed by atoms with Crippen molar-refractivity contribution >= 4 is 23.5 Å². The molecular formula is C20H24N2O4. The molecule has 2 amide bonds. The summed E-state index contributed by atoms with van der Waals surface area (Å²) in [5.74, 6) is -0.771. The lowest BCUT2D eigenvalue weighted by molar-refractivity contribution is -0.152. The molecule has 0 aromatic heterocycles. The Balaban J connectivity index is 1.87.